The topological polar surface area (TPSA) is 32.3 Å². The molecule has 106 valence electrons. The van der Waals surface area contributed by atoms with E-state index in [-0.39, 0.29) is 23.7 Å². The van der Waals surface area contributed by atoms with Gasteiger partial charge in [0.25, 0.3) is 0 Å². The molecule has 0 bridgehead atoms. The number of phenolic OH excluding ortho intramolecular Hbond substituents is 1. The number of phenols is 1. The maximum Gasteiger partial charge on any atom is 0.123 e. The van der Waals surface area contributed by atoms with E-state index in [1.165, 1.54) is 18.2 Å². The first kappa shape index (κ1) is 14.8. The van der Waals surface area contributed by atoms with Crippen molar-refractivity contribution in [3.05, 3.63) is 64.4 Å². The van der Waals surface area contributed by atoms with E-state index in [2.05, 4.69) is 5.32 Å². The van der Waals surface area contributed by atoms with E-state index in [4.69, 9.17) is 11.6 Å². The Labute approximate surface area is 123 Å². The molecule has 0 saturated heterocycles. The van der Waals surface area contributed by atoms with Gasteiger partial charge in [0, 0.05) is 22.7 Å². The standard InChI is InChI=1S/C16H17ClFNO/c1-10(13-5-3-4-6-15(13)17)19-11(2)14-9-12(18)7-8-16(14)20/h3-11,19-20H,1-2H3/t10-,11?/m1/s1. The van der Waals surface area contributed by atoms with Crippen molar-refractivity contribution >= 4 is 11.6 Å². The van der Waals surface area contributed by atoms with Gasteiger partial charge in [0.1, 0.15) is 11.6 Å². The van der Waals surface area contributed by atoms with Crippen LogP contribution in [0, 0.1) is 5.82 Å². The predicted octanol–water partition coefficient (Wildman–Crippen LogP) is 4.60. The van der Waals surface area contributed by atoms with E-state index in [1.54, 1.807) is 0 Å². The van der Waals surface area contributed by atoms with Crippen LogP contribution in [0.5, 0.6) is 5.75 Å². The SMILES string of the molecule is CC(N[C@H](C)c1ccccc1Cl)c1cc(F)ccc1O. The molecule has 0 fully saturated rings. The Balaban J connectivity index is 2.17. The average molecular weight is 294 g/mol. The van der Waals surface area contributed by atoms with Gasteiger partial charge in [0.15, 0.2) is 0 Å². The van der Waals surface area contributed by atoms with Crippen molar-refractivity contribution in [2.24, 2.45) is 0 Å². The van der Waals surface area contributed by atoms with Gasteiger partial charge in [-0.2, -0.15) is 0 Å². The zero-order valence-corrected chi connectivity index (χ0v) is 12.2. The van der Waals surface area contributed by atoms with E-state index in [1.807, 2.05) is 38.1 Å². The Morgan fingerprint density at radius 3 is 2.40 bits per heavy atom. The molecular formula is C16H17ClFNO. The van der Waals surface area contributed by atoms with Gasteiger partial charge in [-0.1, -0.05) is 29.8 Å². The molecule has 0 heterocycles. The first-order chi connectivity index (χ1) is 9.49. The van der Waals surface area contributed by atoms with E-state index >= 15 is 0 Å². The second kappa shape index (κ2) is 6.25. The van der Waals surface area contributed by atoms with Gasteiger partial charge in [0.05, 0.1) is 0 Å². The summed E-state index contributed by atoms with van der Waals surface area (Å²) in [6, 6.07) is 11.3. The highest BCUT2D eigenvalue weighted by atomic mass is 35.5. The summed E-state index contributed by atoms with van der Waals surface area (Å²) in [5.41, 5.74) is 1.50. The third kappa shape index (κ3) is 3.30. The zero-order chi connectivity index (χ0) is 14.7. The second-order valence-electron chi connectivity index (χ2n) is 4.83. The van der Waals surface area contributed by atoms with Crippen LogP contribution in [-0.2, 0) is 0 Å². The number of rotatable bonds is 4. The van der Waals surface area contributed by atoms with Crippen molar-refractivity contribution in [2.75, 3.05) is 0 Å². The summed E-state index contributed by atoms with van der Waals surface area (Å²) in [5.74, 6) is -0.283. The molecule has 2 N–H and O–H groups in total. The van der Waals surface area contributed by atoms with E-state index < -0.39 is 0 Å². The maximum absolute atomic E-state index is 13.3. The zero-order valence-electron chi connectivity index (χ0n) is 11.4. The Bertz CT molecular complexity index is 603. The Morgan fingerprint density at radius 1 is 1.05 bits per heavy atom. The molecule has 0 aliphatic rings. The molecular weight excluding hydrogens is 277 g/mol. The van der Waals surface area contributed by atoms with Crippen molar-refractivity contribution in [3.63, 3.8) is 0 Å². The lowest BCUT2D eigenvalue weighted by Gasteiger charge is -2.22. The molecule has 0 aliphatic heterocycles. The first-order valence-electron chi connectivity index (χ1n) is 6.48. The van der Waals surface area contributed by atoms with Gasteiger partial charge >= 0.3 is 0 Å². The fourth-order valence-corrected chi connectivity index (χ4v) is 2.55. The number of hydrogen-bond acceptors (Lipinski definition) is 2. The third-order valence-electron chi connectivity index (χ3n) is 3.33. The van der Waals surface area contributed by atoms with Crippen molar-refractivity contribution < 1.29 is 9.50 Å². The Kier molecular flexibility index (Phi) is 4.63. The molecule has 2 aromatic carbocycles. The summed E-state index contributed by atoms with van der Waals surface area (Å²) in [6.45, 7) is 3.86. The van der Waals surface area contributed by atoms with E-state index in [0.29, 0.717) is 10.6 Å². The lowest BCUT2D eigenvalue weighted by atomic mass is 10.0. The molecule has 0 aromatic heterocycles. The molecule has 2 atom stereocenters. The predicted molar refractivity (Wildman–Crippen MR) is 79.5 cm³/mol. The lowest BCUT2D eigenvalue weighted by molar-refractivity contribution is 0.435. The smallest absolute Gasteiger partial charge is 0.123 e. The fraction of sp³-hybridized carbons (Fsp3) is 0.250. The van der Waals surface area contributed by atoms with Crippen LogP contribution in [-0.4, -0.2) is 5.11 Å². The fourth-order valence-electron chi connectivity index (χ4n) is 2.25. The van der Waals surface area contributed by atoms with E-state index in [0.717, 1.165) is 5.56 Å². The molecule has 4 heteroatoms. The van der Waals surface area contributed by atoms with Gasteiger partial charge in [-0.3, -0.25) is 0 Å². The lowest BCUT2D eigenvalue weighted by Crippen LogP contribution is -2.22. The number of aromatic hydroxyl groups is 1. The van der Waals surface area contributed by atoms with Gasteiger partial charge in [-0.05, 0) is 43.7 Å². The van der Waals surface area contributed by atoms with Crippen LogP contribution in [0.1, 0.15) is 37.1 Å². The molecule has 0 saturated carbocycles. The molecule has 20 heavy (non-hydrogen) atoms. The average Bonchev–Trinajstić information content (AvgIpc) is 2.41. The molecule has 2 aromatic rings. The summed E-state index contributed by atoms with van der Waals surface area (Å²) in [6.07, 6.45) is 0. The summed E-state index contributed by atoms with van der Waals surface area (Å²) in [7, 11) is 0. The number of nitrogens with one attached hydrogen (secondary N) is 1. The van der Waals surface area contributed by atoms with Crippen molar-refractivity contribution in [1.82, 2.24) is 5.32 Å². The quantitative estimate of drug-likeness (QED) is 0.863. The number of hydrogen-bond donors (Lipinski definition) is 2. The summed E-state index contributed by atoms with van der Waals surface area (Å²) < 4.78 is 13.3. The monoisotopic (exact) mass is 293 g/mol. The van der Waals surface area contributed by atoms with Gasteiger partial charge in [0.2, 0.25) is 0 Å². The van der Waals surface area contributed by atoms with Crippen LogP contribution in [0.3, 0.4) is 0 Å². The highest BCUT2D eigenvalue weighted by Crippen LogP contribution is 2.29. The highest BCUT2D eigenvalue weighted by molar-refractivity contribution is 6.31. The highest BCUT2D eigenvalue weighted by Gasteiger charge is 2.16. The number of halogens is 2. The minimum atomic E-state index is -0.364. The van der Waals surface area contributed by atoms with Crippen LogP contribution in [0.4, 0.5) is 4.39 Å². The summed E-state index contributed by atoms with van der Waals surface area (Å²) in [5, 5.41) is 13.8. The normalized spacial score (nSPS) is 14.0. The molecule has 0 spiro atoms. The Hall–Kier alpha value is -1.58. The van der Waals surface area contributed by atoms with Crippen LogP contribution >= 0.6 is 11.6 Å². The summed E-state index contributed by atoms with van der Waals surface area (Å²) >= 11 is 6.16. The molecule has 0 aliphatic carbocycles. The third-order valence-corrected chi connectivity index (χ3v) is 3.67. The Morgan fingerprint density at radius 2 is 1.70 bits per heavy atom. The van der Waals surface area contributed by atoms with Gasteiger partial charge in [-0.15, -0.1) is 0 Å². The van der Waals surface area contributed by atoms with Crippen LogP contribution in [0.2, 0.25) is 5.02 Å². The number of benzene rings is 2. The van der Waals surface area contributed by atoms with Gasteiger partial charge in [-0.25, -0.2) is 4.39 Å². The largest absolute Gasteiger partial charge is 0.508 e. The first-order valence-corrected chi connectivity index (χ1v) is 6.85. The minimum Gasteiger partial charge on any atom is -0.508 e. The van der Waals surface area contributed by atoms with E-state index in [9.17, 15) is 9.50 Å². The summed E-state index contributed by atoms with van der Waals surface area (Å²) in [4.78, 5) is 0. The molecule has 2 nitrogen and oxygen atoms in total. The van der Waals surface area contributed by atoms with Crippen molar-refractivity contribution in [1.29, 1.82) is 0 Å². The van der Waals surface area contributed by atoms with Crippen LogP contribution in [0.15, 0.2) is 42.5 Å². The molecule has 0 amide bonds. The molecule has 1 unspecified atom stereocenters. The van der Waals surface area contributed by atoms with Crippen LogP contribution < -0.4 is 5.32 Å². The molecule has 2 rings (SSSR count). The second-order valence-corrected chi connectivity index (χ2v) is 5.24. The van der Waals surface area contributed by atoms with Crippen molar-refractivity contribution in [3.8, 4) is 5.75 Å². The van der Waals surface area contributed by atoms with Gasteiger partial charge < -0.3 is 10.4 Å². The minimum absolute atomic E-state index is 0.0126. The van der Waals surface area contributed by atoms with Crippen molar-refractivity contribution in [2.45, 2.75) is 25.9 Å². The van der Waals surface area contributed by atoms with Crippen LogP contribution in [0.25, 0.3) is 0 Å². The molecule has 0 radical (unpaired) electrons. The maximum atomic E-state index is 13.3.